The summed E-state index contributed by atoms with van der Waals surface area (Å²) in [7, 11) is -0.491. The number of thioether (sulfide) groups is 1. The Morgan fingerprint density at radius 2 is 2.12 bits per heavy atom. The Hall–Kier alpha value is -1.75. The number of thiophene rings is 1. The van der Waals surface area contributed by atoms with Gasteiger partial charge in [0.25, 0.3) is 0 Å². The van der Waals surface area contributed by atoms with Crippen molar-refractivity contribution in [3.8, 4) is 10.7 Å². The normalized spacial score (nSPS) is 12.0. The second kappa shape index (κ2) is 7.01. The van der Waals surface area contributed by atoms with Gasteiger partial charge in [-0.1, -0.05) is 23.0 Å². The Morgan fingerprint density at radius 3 is 2.75 bits per heavy atom. The van der Waals surface area contributed by atoms with Crippen LogP contribution in [0.4, 0.5) is 0 Å². The summed E-state index contributed by atoms with van der Waals surface area (Å²) in [4.78, 5) is 9.61. The van der Waals surface area contributed by atoms with Crippen LogP contribution in [0.15, 0.2) is 50.3 Å². The molecular formula is C14H14N4O3S3. The number of hydrogen-bond acceptors (Lipinski definition) is 8. The minimum Gasteiger partial charge on any atom is -0.338 e. The highest BCUT2D eigenvalue weighted by Gasteiger charge is 2.17. The van der Waals surface area contributed by atoms with Gasteiger partial charge in [-0.2, -0.15) is 4.98 Å². The van der Waals surface area contributed by atoms with Gasteiger partial charge in [0, 0.05) is 20.3 Å². The highest BCUT2D eigenvalue weighted by atomic mass is 32.2. The molecule has 0 fully saturated rings. The molecule has 0 amide bonds. The van der Waals surface area contributed by atoms with Crippen LogP contribution in [-0.2, 0) is 15.8 Å². The van der Waals surface area contributed by atoms with Crippen LogP contribution >= 0.6 is 23.1 Å². The van der Waals surface area contributed by atoms with Crippen LogP contribution in [0.25, 0.3) is 10.7 Å². The van der Waals surface area contributed by atoms with Crippen molar-refractivity contribution in [2.45, 2.75) is 15.7 Å². The highest BCUT2D eigenvalue weighted by molar-refractivity contribution is 7.98. The summed E-state index contributed by atoms with van der Waals surface area (Å²) in [5.74, 6) is 1.53. The molecule has 0 aromatic carbocycles. The van der Waals surface area contributed by atoms with E-state index < -0.39 is 10.0 Å². The lowest BCUT2D eigenvalue weighted by Crippen LogP contribution is -2.22. The van der Waals surface area contributed by atoms with Crippen molar-refractivity contribution in [2.75, 3.05) is 14.1 Å². The van der Waals surface area contributed by atoms with Crippen LogP contribution in [-0.4, -0.2) is 41.9 Å². The Kier molecular flexibility index (Phi) is 4.99. The van der Waals surface area contributed by atoms with Gasteiger partial charge >= 0.3 is 0 Å². The molecule has 0 aliphatic carbocycles. The molecule has 0 saturated heterocycles. The second-order valence-electron chi connectivity index (χ2n) is 4.90. The first-order valence-electron chi connectivity index (χ1n) is 6.84. The van der Waals surface area contributed by atoms with Gasteiger partial charge in [0.2, 0.25) is 21.7 Å². The van der Waals surface area contributed by atoms with Crippen molar-refractivity contribution in [1.82, 2.24) is 19.4 Å². The van der Waals surface area contributed by atoms with Gasteiger partial charge in [-0.25, -0.2) is 17.7 Å². The zero-order valence-corrected chi connectivity index (χ0v) is 15.4. The minimum absolute atomic E-state index is 0.162. The number of rotatable bonds is 6. The quantitative estimate of drug-likeness (QED) is 0.606. The SMILES string of the molecule is CN(C)S(=O)(=O)c1ccc(SCc2nc(-c3cccs3)no2)nc1. The fourth-order valence-electron chi connectivity index (χ4n) is 1.77. The van der Waals surface area contributed by atoms with Gasteiger partial charge in [0.15, 0.2) is 0 Å². The molecule has 3 aromatic rings. The molecular weight excluding hydrogens is 368 g/mol. The van der Waals surface area contributed by atoms with Crippen molar-refractivity contribution in [3.05, 3.63) is 41.7 Å². The molecule has 0 aliphatic rings. The van der Waals surface area contributed by atoms with Gasteiger partial charge in [-0.15, -0.1) is 11.3 Å². The monoisotopic (exact) mass is 382 g/mol. The first kappa shape index (κ1) is 17.1. The predicted octanol–water partition coefficient (Wildman–Crippen LogP) is 2.74. The number of nitrogens with zero attached hydrogens (tertiary/aromatic N) is 4. The maximum atomic E-state index is 12.0. The molecule has 3 heterocycles. The summed E-state index contributed by atoms with van der Waals surface area (Å²) in [6.07, 6.45) is 1.35. The topological polar surface area (TPSA) is 89.2 Å². The zero-order valence-electron chi connectivity index (χ0n) is 12.9. The molecule has 0 unspecified atom stereocenters. The molecule has 24 heavy (non-hydrogen) atoms. The van der Waals surface area contributed by atoms with E-state index in [4.69, 9.17) is 4.52 Å². The van der Waals surface area contributed by atoms with Crippen molar-refractivity contribution >= 4 is 33.1 Å². The first-order valence-corrected chi connectivity index (χ1v) is 10.1. The van der Waals surface area contributed by atoms with E-state index in [2.05, 4.69) is 15.1 Å². The van der Waals surface area contributed by atoms with Crippen LogP contribution in [0.1, 0.15) is 5.89 Å². The molecule has 0 N–H and O–H groups in total. The van der Waals surface area contributed by atoms with Gasteiger partial charge in [-0.3, -0.25) is 0 Å². The van der Waals surface area contributed by atoms with Gasteiger partial charge in [0.05, 0.1) is 15.7 Å². The second-order valence-corrected chi connectivity index (χ2v) is 8.99. The molecule has 0 radical (unpaired) electrons. The van der Waals surface area contributed by atoms with E-state index in [0.717, 1.165) is 9.18 Å². The van der Waals surface area contributed by atoms with Crippen LogP contribution in [0, 0.1) is 0 Å². The van der Waals surface area contributed by atoms with Crippen LogP contribution in [0.5, 0.6) is 0 Å². The third kappa shape index (κ3) is 3.66. The highest BCUT2D eigenvalue weighted by Crippen LogP contribution is 2.25. The van der Waals surface area contributed by atoms with Crippen molar-refractivity contribution in [2.24, 2.45) is 0 Å². The fraction of sp³-hybridized carbons (Fsp3) is 0.214. The van der Waals surface area contributed by atoms with Gasteiger partial charge < -0.3 is 4.52 Å². The number of pyridine rings is 1. The molecule has 0 saturated carbocycles. The van der Waals surface area contributed by atoms with E-state index in [9.17, 15) is 8.42 Å². The summed E-state index contributed by atoms with van der Waals surface area (Å²) in [6, 6.07) is 7.06. The van der Waals surface area contributed by atoms with E-state index in [1.54, 1.807) is 17.4 Å². The molecule has 10 heteroatoms. The average Bonchev–Trinajstić information content (AvgIpc) is 3.24. The molecule has 0 atom stereocenters. The first-order chi connectivity index (χ1) is 11.5. The Labute approximate surface area is 147 Å². The van der Waals surface area contributed by atoms with E-state index in [1.807, 2.05) is 17.5 Å². The number of aromatic nitrogens is 3. The Balaban J connectivity index is 1.65. The summed E-state index contributed by atoms with van der Waals surface area (Å²) >= 11 is 2.94. The summed E-state index contributed by atoms with van der Waals surface area (Å²) < 4.78 is 30.3. The summed E-state index contributed by atoms with van der Waals surface area (Å²) in [5.41, 5.74) is 0. The van der Waals surface area contributed by atoms with E-state index in [0.29, 0.717) is 22.5 Å². The largest absolute Gasteiger partial charge is 0.338 e. The molecule has 7 nitrogen and oxygen atoms in total. The molecule has 0 aliphatic heterocycles. The minimum atomic E-state index is -3.46. The van der Waals surface area contributed by atoms with Gasteiger partial charge in [0.1, 0.15) is 4.90 Å². The molecule has 0 spiro atoms. The Bertz CT molecular complexity index is 903. The number of sulfonamides is 1. The van der Waals surface area contributed by atoms with Crippen LogP contribution < -0.4 is 0 Å². The Morgan fingerprint density at radius 1 is 1.29 bits per heavy atom. The maximum Gasteiger partial charge on any atom is 0.244 e. The summed E-state index contributed by atoms with van der Waals surface area (Å²) in [6.45, 7) is 0. The molecule has 3 rings (SSSR count). The van der Waals surface area contributed by atoms with Crippen molar-refractivity contribution in [1.29, 1.82) is 0 Å². The van der Waals surface area contributed by atoms with Crippen LogP contribution in [0.3, 0.4) is 0 Å². The fourth-order valence-corrected chi connectivity index (χ4v) is 3.95. The third-order valence-electron chi connectivity index (χ3n) is 3.04. The zero-order chi connectivity index (χ0) is 17.2. The smallest absolute Gasteiger partial charge is 0.244 e. The average molecular weight is 382 g/mol. The van der Waals surface area contributed by atoms with E-state index in [-0.39, 0.29) is 4.90 Å². The van der Waals surface area contributed by atoms with E-state index in [1.165, 1.54) is 38.1 Å². The lowest BCUT2D eigenvalue weighted by Gasteiger charge is -2.10. The molecule has 0 bridgehead atoms. The lowest BCUT2D eigenvalue weighted by molar-refractivity contribution is 0.392. The third-order valence-corrected chi connectivity index (χ3v) is 6.63. The number of hydrogen-bond donors (Lipinski definition) is 0. The molecule has 3 aromatic heterocycles. The van der Waals surface area contributed by atoms with Crippen LogP contribution in [0.2, 0.25) is 0 Å². The van der Waals surface area contributed by atoms with Crippen molar-refractivity contribution in [3.63, 3.8) is 0 Å². The van der Waals surface area contributed by atoms with Gasteiger partial charge in [-0.05, 0) is 23.6 Å². The molecule has 126 valence electrons. The summed E-state index contributed by atoms with van der Waals surface area (Å²) in [5, 5.41) is 6.58. The lowest BCUT2D eigenvalue weighted by atomic mass is 10.4. The standard InChI is InChI=1S/C14H14N4O3S3/c1-18(2)24(19,20)10-5-6-13(15-8-10)23-9-12-16-14(17-21-12)11-4-3-7-22-11/h3-8H,9H2,1-2H3. The predicted molar refractivity (Wildman–Crippen MR) is 92.3 cm³/mol. The van der Waals surface area contributed by atoms with Crippen molar-refractivity contribution < 1.29 is 12.9 Å². The van der Waals surface area contributed by atoms with E-state index >= 15 is 0 Å². The maximum absolute atomic E-state index is 12.0.